The lowest BCUT2D eigenvalue weighted by atomic mass is 9.88. The zero-order valence-electron chi connectivity index (χ0n) is 79.3. The van der Waals surface area contributed by atoms with Gasteiger partial charge in [0, 0.05) is 26.7 Å². The molecule has 46 heteroatoms. The first kappa shape index (κ1) is 120. The molecule has 38 atom stereocenters. The summed E-state index contributed by atoms with van der Waals surface area (Å²) in [5, 5.41) is 267. The van der Waals surface area contributed by atoms with E-state index in [4.69, 9.17) is 66.3 Å². The van der Waals surface area contributed by atoms with Crippen LogP contribution in [0.1, 0.15) is 240 Å². The average molecular weight is 1980 g/mol. The molecule has 7 rings (SSSR count). The number of nitrogens with one attached hydrogen (secondary N) is 4. The minimum absolute atomic E-state index is 0.155. The van der Waals surface area contributed by atoms with Crippen molar-refractivity contribution in [1.82, 2.24) is 21.3 Å². The van der Waals surface area contributed by atoms with Gasteiger partial charge < -0.3 is 205 Å². The van der Waals surface area contributed by atoms with E-state index in [1.807, 2.05) is 6.08 Å². The number of aliphatic carboxylic acids is 1. The van der Waals surface area contributed by atoms with Crippen molar-refractivity contribution in [3.63, 3.8) is 0 Å². The third-order valence-corrected chi connectivity index (χ3v) is 26.3. The van der Waals surface area contributed by atoms with Gasteiger partial charge in [-0.2, -0.15) is 0 Å². The molecule has 0 radical (unpaired) electrons. The Bertz CT molecular complexity index is 3390. The van der Waals surface area contributed by atoms with Crippen LogP contribution in [-0.2, 0) is 90.3 Å². The molecule has 7 saturated heterocycles. The van der Waals surface area contributed by atoms with Crippen molar-refractivity contribution in [1.29, 1.82) is 0 Å². The molecule has 4 amide bonds. The number of carboxylic acids is 1. The maximum Gasteiger partial charge on any atom is 0.364 e. The van der Waals surface area contributed by atoms with Crippen LogP contribution in [0.5, 0.6) is 0 Å². The molecule has 0 aliphatic carbocycles. The molecule has 46 nitrogen and oxygen atoms in total. The van der Waals surface area contributed by atoms with Crippen molar-refractivity contribution >= 4 is 29.6 Å². The Morgan fingerprint density at radius 3 is 1.20 bits per heavy atom. The molecule has 0 aromatic carbocycles. The van der Waals surface area contributed by atoms with Crippen LogP contribution in [0.3, 0.4) is 0 Å². The number of carboxylic acid groups (broad SMARTS) is 1. The van der Waals surface area contributed by atoms with E-state index in [9.17, 15) is 141 Å². The van der Waals surface area contributed by atoms with E-state index in [1.165, 1.54) is 135 Å². The molecule has 137 heavy (non-hydrogen) atoms. The second kappa shape index (κ2) is 62.5. The molecule has 0 aromatic rings. The van der Waals surface area contributed by atoms with Gasteiger partial charge in [-0.05, 0) is 19.3 Å². The Morgan fingerprint density at radius 2 is 0.752 bits per heavy atom. The molecule has 14 unspecified atom stereocenters. The van der Waals surface area contributed by atoms with Gasteiger partial charge in [0.2, 0.25) is 23.6 Å². The van der Waals surface area contributed by atoms with Crippen molar-refractivity contribution in [2.45, 2.75) is 472 Å². The standard InChI is InChI=1S/C91H162N4O42/c1-5-7-9-11-13-15-17-19-20-21-22-23-24-26-28-30-32-34-36-38-61(109)94-51(52(106)37-35-33-31-29-27-25-18-16-14-12-10-8-6-2)48-124-86-73(118)71(116)79(59(45-101)129-86)133-87-74(119)72(117)78(60(46-102)130-87)131-85-65(93-50(4)105)80(67(112)55(41-97)125-85)134-88-75(120)82(68(113)56(42-98)126-88)135-84-64(92-49(3)104)70(115)77(58(44-100)128-84)132-89-76(121)83(69(114)57(43-99)127-89)137-91(90(122)123)39-53(107)63(95-62(110)47-103)81(136-91)66(111)54(108)40-96/h35,37,51-60,63-89,96-103,106-108,111-121H,5-34,36,38-48H2,1-4H3,(H,92,104)(H,93,105)(H,94,109)(H,95,110)(H,122,123)/b37-35+/t51-,52+,53?,54+,55?,56?,57?,58?,59?,60?,63+,64?,65?,66+,67-,68-,69-,70+,71+,72+,73?,74?,75?,76?,77+,78-,79+,80+,81?,82-,83-,84-,85-,86+,87-,88-,89-,91-/m0/s1. The van der Waals surface area contributed by atoms with Gasteiger partial charge in [0.15, 0.2) is 37.7 Å². The van der Waals surface area contributed by atoms with Crippen LogP contribution in [0.2, 0.25) is 0 Å². The zero-order chi connectivity index (χ0) is 101. The summed E-state index contributed by atoms with van der Waals surface area (Å²) in [4.78, 5) is 65.5. The van der Waals surface area contributed by atoms with E-state index in [-0.39, 0.29) is 12.3 Å². The quantitative estimate of drug-likeness (QED) is 0.0201. The number of rotatable bonds is 64. The zero-order valence-corrected chi connectivity index (χ0v) is 79.3. The van der Waals surface area contributed by atoms with Crippen LogP contribution in [0.25, 0.3) is 0 Å². The maximum atomic E-state index is 13.6. The first-order chi connectivity index (χ1) is 65.7. The largest absolute Gasteiger partial charge is 0.477 e. The molecule has 0 saturated carbocycles. The number of hydrogen-bond donors (Lipinski definition) is 27. The normalized spacial score (nSPS) is 36.4. The smallest absolute Gasteiger partial charge is 0.364 e. The van der Waals surface area contributed by atoms with E-state index < -0.39 is 322 Å². The van der Waals surface area contributed by atoms with Crippen LogP contribution < -0.4 is 21.3 Å². The summed E-state index contributed by atoms with van der Waals surface area (Å²) in [5.41, 5.74) is 0. The van der Waals surface area contributed by atoms with Crippen LogP contribution in [0.4, 0.5) is 0 Å². The summed E-state index contributed by atoms with van der Waals surface area (Å²) >= 11 is 0. The molecular formula is C91H162N4O42. The second-order valence-corrected chi connectivity index (χ2v) is 37.1. The predicted octanol–water partition coefficient (Wildman–Crippen LogP) is -4.72. The van der Waals surface area contributed by atoms with Crippen molar-refractivity contribution in [3.8, 4) is 0 Å². The molecular weight excluding hydrogens is 1820 g/mol. The Kier molecular flexibility index (Phi) is 54.5. The maximum absolute atomic E-state index is 13.6. The molecule has 7 heterocycles. The monoisotopic (exact) mass is 1980 g/mol. The van der Waals surface area contributed by atoms with E-state index in [1.54, 1.807) is 6.08 Å². The number of allylic oxidation sites excluding steroid dienone is 1. The van der Waals surface area contributed by atoms with Gasteiger partial charge in [-0.15, -0.1) is 0 Å². The predicted molar refractivity (Wildman–Crippen MR) is 475 cm³/mol. The topological polar surface area (TPSA) is 728 Å². The van der Waals surface area contributed by atoms with E-state index in [0.29, 0.717) is 12.8 Å². The molecule has 7 aliphatic rings. The number of hydrogen-bond acceptors (Lipinski definition) is 41. The summed E-state index contributed by atoms with van der Waals surface area (Å²) in [6.07, 6.45) is -30.6. The SMILES string of the molecule is CCCCCCCCCCCCC/C=C/[C@@H](O)[C@H](CO[C@@H]1OC(CO)[C@@H](O[C@@H]2OC(CO)[C@H](O[C@@H]3OC(CO)[C@H](O)[C@H](O[C@@H]4OC(CO)[C@H](O)[C@H](O[C@@H]5OC(CO)[C@@H](O[C@@H]6OC(CO)[C@H](O)[C@H](O[C@]7(C(=O)O)CC(O)[C@@H](NC(=O)CO)C([C@H](O)[C@H](O)CO)O7)C6O)[C@H](O)C5NC(C)=O)C4O)C3NC(C)=O)[C@H](O)C2O)[C@H](O)C1O)NC(=O)CCCCCCCCCCCCCCCCCCCCC. The summed E-state index contributed by atoms with van der Waals surface area (Å²) in [5.74, 6) is -8.94. The first-order valence-electron chi connectivity index (χ1n) is 49.3. The fourth-order valence-corrected chi connectivity index (χ4v) is 18.4. The van der Waals surface area contributed by atoms with Crippen LogP contribution in [-0.4, -0.2) is 439 Å². The lowest BCUT2D eigenvalue weighted by molar-refractivity contribution is -0.391. The van der Waals surface area contributed by atoms with E-state index in [0.717, 1.165) is 65.2 Å². The summed E-state index contributed by atoms with van der Waals surface area (Å²) in [6, 6.07) is -6.86. The molecule has 7 aliphatic heterocycles. The van der Waals surface area contributed by atoms with Crippen molar-refractivity contribution in [2.75, 3.05) is 59.5 Å². The number of carbonyl (C=O) groups excluding carboxylic acids is 4. The third kappa shape index (κ3) is 35.5. The number of amides is 4. The lowest BCUT2D eigenvalue weighted by Crippen LogP contribution is -2.71. The van der Waals surface area contributed by atoms with Crippen LogP contribution >= 0.6 is 0 Å². The molecule has 7 fully saturated rings. The average Bonchev–Trinajstić information content (AvgIpc) is 0.757. The highest BCUT2D eigenvalue weighted by Gasteiger charge is 2.63. The number of aliphatic hydroxyl groups is 22. The van der Waals surface area contributed by atoms with Crippen LogP contribution in [0, 0.1) is 0 Å². The fraction of sp³-hybridized carbons (Fsp3) is 0.923. The first-order valence-corrected chi connectivity index (χ1v) is 49.3. The summed E-state index contributed by atoms with van der Waals surface area (Å²) in [7, 11) is 0. The van der Waals surface area contributed by atoms with Gasteiger partial charge in [-0.3, -0.25) is 19.2 Å². The Hall–Kier alpha value is -4.35. The van der Waals surface area contributed by atoms with Gasteiger partial charge in [0.25, 0.3) is 5.79 Å². The summed E-state index contributed by atoms with van der Waals surface area (Å²) in [6.45, 7) is -3.30. The third-order valence-electron chi connectivity index (χ3n) is 26.3. The molecule has 0 bridgehead atoms. The fourth-order valence-electron chi connectivity index (χ4n) is 18.4. The number of aliphatic hydroxyl groups excluding tert-OH is 22. The van der Waals surface area contributed by atoms with E-state index >= 15 is 0 Å². The number of ether oxygens (including phenoxy) is 14. The Balaban J connectivity index is 0.994. The van der Waals surface area contributed by atoms with Gasteiger partial charge in [-0.1, -0.05) is 206 Å². The molecule has 27 N–H and O–H groups in total. The van der Waals surface area contributed by atoms with Crippen LogP contribution in [0.15, 0.2) is 12.2 Å². The Labute approximate surface area is 799 Å². The van der Waals surface area contributed by atoms with Gasteiger partial charge in [0.05, 0.1) is 77.1 Å². The highest BCUT2D eigenvalue weighted by atomic mass is 16.8. The minimum Gasteiger partial charge on any atom is -0.477 e. The van der Waals surface area contributed by atoms with Crippen molar-refractivity contribution in [3.05, 3.63) is 12.2 Å². The summed E-state index contributed by atoms with van der Waals surface area (Å²) < 4.78 is 83.1. The van der Waals surface area contributed by atoms with Gasteiger partial charge in [-0.25, -0.2) is 4.79 Å². The molecule has 0 aromatic heterocycles. The van der Waals surface area contributed by atoms with Gasteiger partial charge in [0.1, 0.15) is 171 Å². The number of unbranched alkanes of at least 4 members (excludes halogenated alkanes) is 29. The lowest BCUT2D eigenvalue weighted by Gasteiger charge is -2.51. The minimum atomic E-state index is -3.31. The highest BCUT2D eigenvalue weighted by Crippen LogP contribution is 2.42. The number of carbonyl (C=O) groups is 5. The van der Waals surface area contributed by atoms with Crippen molar-refractivity contribution in [2.24, 2.45) is 0 Å². The highest BCUT2D eigenvalue weighted by molar-refractivity contribution is 5.78. The van der Waals surface area contributed by atoms with Gasteiger partial charge >= 0.3 is 5.97 Å². The van der Waals surface area contributed by atoms with E-state index in [2.05, 4.69) is 35.1 Å². The van der Waals surface area contributed by atoms with Crippen molar-refractivity contribution < 1.29 is 208 Å². The molecule has 798 valence electrons. The Morgan fingerprint density at radius 1 is 0.387 bits per heavy atom. The second-order valence-electron chi connectivity index (χ2n) is 37.1. The molecule has 0 spiro atoms.